The van der Waals surface area contributed by atoms with Crippen LogP contribution in [0.4, 0.5) is 14.5 Å². The molecule has 0 bridgehead atoms. The molecule has 0 saturated carbocycles. The van der Waals surface area contributed by atoms with Gasteiger partial charge in [-0.25, -0.2) is 13.9 Å². The number of alkyl halides is 2. The number of nitrogens with zero attached hydrogens (tertiary/aromatic N) is 1. The summed E-state index contributed by atoms with van der Waals surface area (Å²) in [4.78, 5) is 11.2. The third-order valence-electron chi connectivity index (χ3n) is 2.51. The Morgan fingerprint density at radius 1 is 1.32 bits per heavy atom. The van der Waals surface area contributed by atoms with Crippen molar-refractivity contribution in [3.05, 3.63) is 57.0 Å². The van der Waals surface area contributed by atoms with Crippen LogP contribution >= 0.6 is 11.6 Å². The van der Waals surface area contributed by atoms with Crippen molar-refractivity contribution in [2.45, 2.75) is 13.0 Å². The molecule has 0 aliphatic heterocycles. The lowest BCUT2D eigenvalue weighted by molar-refractivity contribution is 0.151. The molecule has 1 aromatic heterocycles. The number of hydrogen-bond donors (Lipinski definition) is 2. The summed E-state index contributed by atoms with van der Waals surface area (Å²) < 4.78 is 24.7. The number of anilines is 1. The molecule has 7 heteroatoms. The molecular weight excluding hydrogens is 276 g/mol. The van der Waals surface area contributed by atoms with Crippen LogP contribution in [0, 0.1) is 0 Å². The quantitative estimate of drug-likeness (QED) is 0.908. The summed E-state index contributed by atoms with van der Waals surface area (Å²) in [6.07, 6.45) is -1.09. The Kier molecular flexibility index (Phi) is 4.11. The number of nitrogens with one attached hydrogen (secondary N) is 2. The predicted octanol–water partition coefficient (Wildman–Crippen LogP) is 2.97. The van der Waals surface area contributed by atoms with E-state index in [4.69, 9.17) is 11.6 Å². The second-order valence-electron chi connectivity index (χ2n) is 3.82. The van der Waals surface area contributed by atoms with E-state index in [-0.39, 0.29) is 10.6 Å². The minimum Gasteiger partial charge on any atom is -0.378 e. The van der Waals surface area contributed by atoms with Crippen LogP contribution in [0.15, 0.2) is 35.3 Å². The molecule has 0 aliphatic rings. The molecular formula is C12H10ClF2N3O. The van der Waals surface area contributed by atoms with Gasteiger partial charge >= 0.3 is 0 Å². The topological polar surface area (TPSA) is 57.8 Å². The Labute approximate surface area is 112 Å². The minimum atomic E-state index is -2.48. The number of hydrogen-bond acceptors (Lipinski definition) is 3. The first-order valence-electron chi connectivity index (χ1n) is 5.42. The molecule has 0 atom stereocenters. The molecule has 4 nitrogen and oxygen atoms in total. The molecule has 0 amide bonds. The van der Waals surface area contributed by atoms with Crippen LogP contribution in [0.3, 0.4) is 0 Å². The van der Waals surface area contributed by atoms with E-state index in [0.717, 1.165) is 5.56 Å². The van der Waals surface area contributed by atoms with Crippen LogP contribution in [0.5, 0.6) is 0 Å². The summed E-state index contributed by atoms with van der Waals surface area (Å²) in [7, 11) is 0. The molecule has 0 unspecified atom stereocenters. The zero-order valence-corrected chi connectivity index (χ0v) is 10.4. The van der Waals surface area contributed by atoms with Gasteiger partial charge in [-0.15, -0.1) is 0 Å². The van der Waals surface area contributed by atoms with E-state index in [9.17, 15) is 13.6 Å². The summed E-state index contributed by atoms with van der Waals surface area (Å²) in [5.74, 6) is 0. The van der Waals surface area contributed by atoms with E-state index < -0.39 is 12.0 Å². The fraction of sp³-hybridized carbons (Fsp3) is 0.167. The van der Waals surface area contributed by atoms with Gasteiger partial charge in [0.15, 0.2) is 0 Å². The average molecular weight is 286 g/mol. The van der Waals surface area contributed by atoms with Crippen LogP contribution in [-0.4, -0.2) is 10.2 Å². The number of H-pyrrole nitrogens is 1. The van der Waals surface area contributed by atoms with Gasteiger partial charge in [-0.2, -0.15) is 5.10 Å². The van der Waals surface area contributed by atoms with Gasteiger partial charge in [0.05, 0.1) is 11.9 Å². The van der Waals surface area contributed by atoms with E-state index in [0.29, 0.717) is 12.2 Å². The number of aromatic nitrogens is 2. The molecule has 0 saturated heterocycles. The highest BCUT2D eigenvalue weighted by molar-refractivity contribution is 6.32. The molecule has 2 N–H and O–H groups in total. The molecule has 19 heavy (non-hydrogen) atoms. The number of aromatic amines is 1. The fourth-order valence-electron chi connectivity index (χ4n) is 1.49. The Morgan fingerprint density at radius 2 is 2.00 bits per heavy atom. The lowest BCUT2D eigenvalue weighted by Gasteiger charge is -2.07. The van der Waals surface area contributed by atoms with Crippen molar-refractivity contribution >= 4 is 17.3 Å². The zero-order valence-electron chi connectivity index (χ0n) is 9.66. The molecule has 0 spiro atoms. The van der Waals surface area contributed by atoms with Gasteiger partial charge in [0.2, 0.25) is 0 Å². The van der Waals surface area contributed by atoms with Crippen LogP contribution in [0.2, 0.25) is 5.02 Å². The monoisotopic (exact) mass is 285 g/mol. The van der Waals surface area contributed by atoms with E-state index in [1.54, 1.807) is 12.1 Å². The Morgan fingerprint density at radius 3 is 2.63 bits per heavy atom. The fourth-order valence-corrected chi connectivity index (χ4v) is 1.64. The molecule has 100 valence electrons. The van der Waals surface area contributed by atoms with Gasteiger partial charge in [0, 0.05) is 12.1 Å². The summed E-state index contributed by atoms with van der Waals surface area (Å²) >= 11 is 5.78. The number of rotatable bonds is 4. The second-order valence-corrected chi connectivity index (χ2v) is 4.20. The van der Waals surface area contributed by atoms with Crippen molar-refractivity contribution in [3.8, 4) is 0 Å². The largest absolute Gasteiger partial charge is 0.378 e. The normalized spacial score (nSPS) is 10.7. The number of benzene rings is 1. The Bertz CT molecular complexity index is 613. The average Bonchev–Trinajstić information content (AvgIpc) is 2.41. The van der Waals surface area contributed by atoms with Crippen LogP contribution in [0.25, 0.3) is 0 Å². The van der Waals surface area contributed by atoms with Gasteiger partial charge < -0.3 is 5.32 Å². The van der Waals surface area contributed by atoms with Crippen molar-refractivity contribution in [3.63, 3.8) is 0 Å². The minimum absolute atomic E-state index is 0.0131. The molecule has 0 fully saturated rings. The Hall–Kier alpha value is -1.95. The van der Waals surface area contributed by atoms with Gasteiger partial charge in [-0.1, -0.05) is 35.9 Å². The van der Waals surface area contributed by atoms with E-state index in [2.05, 4.69) is 15.5 Å². The molecule has 2 aromatic rings. The van der Waals surface area contributed by atoms with Gasteiger partial charge in [0.25, 0.3) is 12.0 Å². The van der Waals surface area contributed by atoms with Crippen LogP contribution < -0.4 is 10.9 Å². The lowest BCUT2D eigenvalue weighted by atomic mass is 10.1. The SMILES string of the molecule is O=c1[nH]ncc(NCc2ccc(C(F)F)cc2)c1Cl. The highest BCUT2D eigenvalue weighted by atomic mass is 35.5. The summed E-state index contributed by atoms with van der Waals surface area (Å²) in [6, 6.07) is 5.89. The molecule has 1 heterocycles. The van der Waals surface area contributed by atoms with E-state index in [1.807, 2.05) is 0 Å². The van der Waals surface area contributed by atoms with Crippen molar-refractivity contribution < 1.29 is 8.78 Å². The maximum Gasteiger partial charge on any atom is 0.285 e. The summed E-state index contributed by atoms with van der Waals surface area (Å²) in [5.41, 5.74) is 0.670. The third kappa shape index (κ3) is 3.29. The van der Waals surface area contributed by atoms with Crippen molar-refractivity contribution in [2.75, 3.05) is 5.32 Å². The standard InChI is InChI=1S/C12H10ClF2N3O/c13-10-9(6-17-18-12(10)19)16-5-7-1-3-8(4-2-7)11(14)15/h1-4,6,11H,5H2,(H2,16,18,19). The first-order valence-corrected chi connectivity index (χ1v) is 5.80. The van der Waals surface area contributed by atoms with Gasteiger partial charge in [0.1, 0.15) is 5.02 Å². The molecule has 0 radical (unpaired) electrons. The van der Waals surface area contributed by atoms with E-state index in [1.165, 1.54) is 18.3 Å². The lowest BCUT2D eigenvalue weighted by Crippen LogP contribution is -2.11. The van der Waals surface area contributed by atoms with Gasteiger partial charge in [-0.05, 0) is 5.56 Å². The van der Waals surface area contributed by atoms with Crippen LogP contribution in [-0.2, 0) is 6.54 Å². The third-order valence-corrected chi connectivity index (χ3v) is 2.89. The molecule has 0 aliphatic carbocycles. The maximum absolute atomic E-state index is 12.4. The second kappa shape index (κ2) is 5.79. The van der Waals surface area contributed by atoms with E-state index >= 15 is 0 Å². The number of halogens is 3. The first-order chi connectivity index (χ1) is 9.08. The summed E-state index contributed by atoms with van der Waals surface area (Å²) in [5, 5.41) is 8.74. The maximum atomic E-state index is 12.4. The first kappa shape index (κ1) is 13.5. The van der Waals surface area contributed by atoms with Gasteiger partial charge in [-0.3, -0.25) is 4.79 Å². The summed E-state index contributed by atoms with van der Waals surface area (Å²) in [6.45, 7) is 0.356. The molecule has 1 aromatic carbocycles. The molecule has 2 rings (SSSR count). The van der Waals surface area contributed by atoms with Crippen molar-refractivity contribution in [2.24, 2.45) is 0 Å². The van der Waals surface area contributed by atoms with Crippen molar-refractivity contribution in [1.82, 2.24) is 10.2 Å². The zero-order chi connectivity index (χ0) is 13.8. The highest BCUT2D eigenvalue weighted by Crippen LogP contribution is 2.20. The smallest absolute Gasteiger partial charge is 0.285 e. The predicted molar refractivity (Wildman–Crippen MR) is 68.6 cm³/mol. The van der Waals surface area contributed by atoms with Crippen LogP contribution in [0.1, 0.15) is 17.6 Å². The highest BCUT2D eigenvalue weighted by Gasteiger charge is 2.07. The van der Waals surface area contributed by atoms with Crippen molar-refractivity contribution in [1.29, 1.82) is 0 Å². The Balaban J connectivity index is 2.06.